The van der Waals surface area contributed by atoms with Crippen LogP contribution in [0.3, 0.4) is 0 Å². The first-order valence-electron chi connectivity index (χ1n) is 18.6. The summed E-state index contributed by atoms with van der Waals surface area (Å²) >= 11 is 1.31. The Bertz CT molecular complexity index is 2270. The topological polar surface area (TPSA) is 133 Å². The number of halogens is 1. The number of nitrogens with zero attached hydrogens (tertiary/aromatic N) is 11. The standard InChI is InChI=1S/C25H26FN7S.C14H21N5/c1-4-19-23(24-28-21(14-16(2)33(24)30-19)32-12-6-5-7-13-32)31(3)25-29-22(20(15-27)34-25)17-8-10-18(26)11-9-17;1-3-11-13(15)14-16-12(9-10(2)19(14)17-11)18-7-5-4-6-8-18/h8-11,14H,4-7,12-13H2,1-3H3;9H,3-8,15H2,1-2H3. The Morgan fingerprint density at radius 1 is 0.792 bits per heavy atom. The highest BCUT2D eigenvalue weighted by Crippen LogP contribution is 2.38. The van der Waals surface area contributed by atoms with Crippen LogP contribution in [0.4, 0.5) is 32.5 Å². The van der Waals surface area contributed by atoms with Gasteiger partial charge in [0.25, 0.3) is 0 Å². The maximum atomic E-state index is 13.4. The molecule has 12 nitrogen and oxygen atoms in total. The molecule has 8 rings (SSSR count). The number of nitrogens with two attached hydrogens (primary N) is 1. The van der Waals surface area contributed by atoms with Gasteiger partial charge in [0.15, 0.2) is 16.4 Å². The molecule has 53 heavy (non-hydrogen) atoms. The van der Waals surface area contributed by atoms with Crippen LogP contribution in [-0.2, 0) is 12.8 Å². The third kappa shape index (κ3) is 7.10. The van der Waals surface area contributed by atoms with Crippen molar-refractivity contribution in [1.29, 1.82) is 5.26 Å². The lowest BCUT2D eigenvalue weighted by molar-refractivity contribution is 0.573. The molecule has 0 radical (unpaired) electrons. The van der Waals surface area contributed by atoms with Gasteiger partial charge in [0.05, 0.1) is 11.4 Å². The van der Waals surface area contributed by atoms with E-state index < -0.39 is 0 Å². The van der Waals surface area contributed by atoms with Crippen LogP contribution in [0.25, 0.3) is 22.6 Å². The van der Waals surface area contributed by atoms with E-state index in [0.717, 1.165) is 96.1 Å². The molecule has 6 aromatic rings. The van der Waals surface area contributed by atoms with Crippen molar-refractivity contribution in [2.75, 3.05) is 53.7 Å². The summed E-state index contributed by atoms with van der Waals surface area (Å²) in [5.74, 6) is 1.70. The quantitative estimate of drug-likeness (QED) is 0.174. The van der Waals surface area contributed by atoms with Crippen LogP contribution in [0, 0.1) is 31.0 Å². The van der Waals surface area contributed by atoms with E-state index in [4.69, 9.17) is 25.8 Å². The van der Waals surface area contributed by atoms with Crippen molar-refractivity contribution in [3.05, 3.63) is 69.9 Å². The highest BCUT2D eigenvalue weighted by Gasteiger charge is 2.25. The fourth-order valence-corrected chi connectivity index (χ4v) is 8.08. The molecule has 2 aliphatic rings. The van der Waals surface area contributed by atoms with Gasteiger partial charge < -0.3 is 20.4 Å². The zero-order chi connectivity index (χ0) is 37.2. The largest absolute Gasteiger partial charge is 0.394 e. The average Bonchev–Trinajstić information content (AvgIpc) is 3.89. The number of fused-ring (bicyclic) bond motifs is 2. The Labute approximate surface area is 313 Å². The molecule has 2 fully saturated rings. The number of benzene rings is 1. The van der Waals surface area contributed by atoms with Gasteiger partial charge in [0.1, 0.15) is 45.5 Å². The molecule has 2 N–H and O–H groups in total. The van der Waals surface area contributed by atoms with Gasteiger partial charge in [-0.2, -0.15) is 15.5 Å². The van der Waals surface area contributed by atoms with Gasteiger partial charge in [-0.15, -0.1) is 0 Å². The second-order valence-electron chi connectivity index (χ2n) is 13.8. The zero-order valence-corrected chi connectivity index (χ0v) is 32.0. The lowest BCUT2D eigenvalue weighted by Gasteiger charge is -2.28. The van der Waals surface area contributed by atoms with E-state index in [-0.39, 0.29) is 5.82 Å². The minimum Gasteiger partial charge on any atom is -0.394 e. The van der Waals surface area contributed by atoms with Crippen molar-refractivity contribution in [2.24, 2.45) is 0 Å². The van der Waals surface area contributed by atoms with Crippen molar-refractivity contribution >= 4 is 50.8 Å². The summed E-state index contributed by atoms with van der Waals surface area (Å²) in [6.45, 7) is 12.5. The number of thiazole rings is 1. The molecule has 7 heterocycles. The molecule has 0 unspecified atom stereocenters. The van der Waals surface area contributed by atoms with E-state index in [2.05, 4.69) is 60.8 Å². The molecule has 0 aliphatic carbocycles. The van der Waals surface area contributed by atoms with Crippen LogP contribution in [0.15, 0.2) is 36.4 Å². The number of nitrogen functional groups attached to an aromatic ring is 1. The number of hydrogen-bond donors (Lipinski definition) is 1. The van der Waals surface area contributed by atoms with Gasteiger partial charge in [-0.05, 0) is 89.5 Å². The molecule has 1 aromatic carbocycles. The summed E-state index contributed by atoms with van der Waals surface area (Å²) in [5, 5.41) is 19.8. The Hall–Kier alpha value is -5.29. The lowest BCUT2D eigenvalue weighted by Crippen LogP contribution is -2.30. The van der Waals surface area contributed by atoms with Crippen LogP contribution in [-0.4, -0.2) is 67.4 Å². The molecular formula is C39H47FN12S. The first-order valence-corrected chi connectivity index (χ1v) is 19.5. The fourth-order valence-electron chi connectivity index (χ4n) is 7.23. The average molecular weight is 735 g/mol. The van der Waals surface area contributed by atoms with Crippen LogP contribution in [0.1, 0.15) is 80.0 Å². The lowest BCUT2D eigenvalue weighted by atomic mass is 10.1. The van der Waals surface area contributed by atoms with Gasteiger partial charge in [-0.3, -0.25) is 0 Å². The van der Waals surface area contributed by atoms with Gasteiger partial charge >= 0.3 is 0 Å². The monoisotopic (exact) mass is 734 g/mol. The normalized spacial score (nSPS) is 14.7. The summed E-state index contributed by atoms with van der Waals surface area (Å²) in [7, 11) is 1.94. The molecule has 5 aromatic heterocycles. The van der Waals surface area contributed by atoms with Crippen molar-refractivity contribution in [3.63, 3.8) is 0 Å². The smallest absolute Gasteiger partial charge is 0.191 e. The van der Waals surface area contributed by atoms with Crippen molar-refractivity contribution in [2.45, 2.75) is 79.1 Å². The Morgan fingerprint density at radius 2 is 1.32 bits per heavy atom. The van der Waals surface area contributed by atoms with Crippen LogP contribution in [0.2, 0.25) is 0 Å². The molecule has 0 saturated carbocycles. The zero-order valence-electron chi connectivity index (χ0n) is 31.2. The van der Waals surface area contributed by atoms with Gasteiger partial charge in [0.2, 0.25) is 0 Å². The van der Waals surface area contributed by atoms with E-state index in [9.17, 15) is 9.65 Å². The van der Waals surface area contributed by atoms with E-state index >= 15 is 0 Å². The third-order valence-electron chi connectivity index (χ3n) is 10.2. The number of hydrogen-bond acceptors (Lipinski definition) is 11. The van der Waals surface area contributed by atoms with Crippen LogP contribution < -0.4 is 20.4 Å². The summed E-state index contributed by atoms with van der Waals surface area (Å²) in [4.78, 5) is 21.7. The summed E-state index contributed by atoms with van der Waals surface area (Å²) in [5.41, 5.74) is 14.6. The molecule has 0 spiro atoms. The number of piperidine rings is 2. The first kappa shape index (κ1) is 36.1. The highest BCUT2D eigenvalue weighted by atomic mass is 32.1. The van der Waals surface area contributed by atoms with Crippen molar-refractivity contribution in [3.8, 4) is 17.3 Å². The Kier molecular flexibility index (Phi) is 10.5. The maximum Gasteiger partial charge on any atom is 0.191 e. The predicted molar refractivity (Wildman–Crippen MR) is 211 cm³/mol. The minimum absolute atomic E-state index is 0.320. The minimum atomic E-state index is -0.320. The molecule has 0 atom stereocenters. The molecule has 0 bridgehead atoms. The van der Waals surface area contributed by atoms with Crippen LogP contribution >= 0.6 is 11.3 Å². The third-order valence-corrected chi connectivity index (χ3v) is 11.2. The second-order valence-corrected chi connectivity index (χ2v) is 14.8. The van der Waals surface area contributed by atoms with Crippen molar-refractivity contribution < 1.29 is 4.39 Å². The number of nitriles is 1. The summed E-state index contributed by atoms with van der Waals surface area (Å²) in [6.07, 6.45) is 9.03. The van der Waals surface area contributed by atoms with Gasteiger partial charge in [0, 0.05) is 62.3 Å². The van der Waals surface area contributed by atoms with E-state index in [1.54, 1.807) is 12.1 Å². The number of aromatic nitrogens is 7. The molecule has 2 saturated heterocycles. The first-order chi connectivity index (χ1) is 25.7. The fraction of sp³-hybridized carbons (Fsp3) is 0.436. The molecule has 2 aliphatic heterocycles. The van der Waals surface area contributed by atoms with E-state index in [1.165, 1.54) is 62.0 Å². The highest BCUT2D eigenvalue weighted by molar-refractivity contribution is 7.16. The van der Waals surface area contributed by atoms with Gasteiger partial charge in [-0.25, -0.2) is 28.4 Å². The second kappa shape index (κ2) is 15.4. The van der Waals surface area contributed by atoms with E-state index in [0.29, 0.717) is 21.3 Å². The number of rotatable bonds is 7. The molecule has 276 valence electrons. The SMILES string of the molecule is CCc1nn2c(C)cc(N3CCCCC3)nc2c1N.CCc1nn2c(C)cc(N3CCCCC3)nc2c1N(C)c1nc(-c2ccc(F)cc2)c(C#N)s1. The predicted octanol–water partition coefficient (Wildman–Crippen LogP) is 7.67. The maximum absolute atomic E-state index is 13.4. The molecular weight excluding hydrogens is 688 g/mol. The number of anilines is 5. The van der Waals surface area contributed by atoms with Crippen molar-refractivity contribution in [1.82, 2.24) is 34.2 Å². The van der Waals surface area contributed by atoms with Crippen LogP contribution in [0.5, 0.6) is 0 Å². The summed E-state index contributed by atoms with van der Waals surface area (Å²) in [6, 6.07) is 12.5. The van der Waals surface area contributed by atoms with E-state index in [1.807, 2.05) is 21.0 Å². The Balaban J connectivity index is 0.000000193. The van der Waals surface area contributed by atoms with Gasteiger partial charge in [-0.1, -0.05) is 25.2 Å². The number of aryl methyl sites for hydroxylation is 4. The molecule has 14 heteroatoms. The Morgan fingerprint density at radius 3 is 1.87 bits per heavy atom. The summed E-state index contributed by atoms with van der Waals surface area (Å²) < 4.78 is 17.2. The molecule has 0 amide bonds.